The van der Waals surface area contributed by atoms with E-state index in [9.17, 15) is 0 Å². The van der Waals surface area contributed by atoms with Crippen LogP contribution in [-0.4, -0.2) is 20.3 Å². The van der Waals surface area contributed by atoms with Crippen LogP contribution in [-0.2, 0) is 4.84 Å². The second kappa shape index (κ2) is 4.51. The topological polar surface area (TPSA) is 39.7 Å². The van der Waals surface area contributed by atoms with Gasteiger partial charge in [0.05, 0.1) is 19.8 Å². The zero-order valence-corrected chi connectivity index (χ0v) is 8.95. The van der Waals surface area contributed by atoms with Gasteiger partial charge < -0.3 is 14.3 Å². The first kappa shape index (κ1) is 10.3. The fourth-order valence-corrected chi connectivity index (χ4v) is 1.73. The van der Waals surface area contributed by atoms with Gasteiger partial charge in [0.2, 0.25) is 0 Å². The largest absolute Gasteiger partial charge is 0.490 e. The highest BCUT2D eigenvalue weighted by Gasteiger charge is 2.26. The van der Waals surface area contributed by atoms with Gasteiger partial charge in [-0.2, -0.15) is 5.48 Å². The Morgan fingerprint density at radius 1 is 1.53 bits per heavy atom. The smallest absolute Gasteiger partial charge is 0.166 e. The first-order valence-corrected chi connectivity index (χ1v) is 5.03. The molecule has 0 saturated heterocycles. The standard InChI is InChI=1S/C11H15NO3/c1-3-14-10-6-4-5-8-9(12-13-2)7-15-11(8)10/h4-6,9,12H,3,7H2,1-2H3. The lowest BCUT2D eigenvalue weighted by molar-refractivity contribution is 0.0535. The minimum absolute atomic E-state index is 0.0883. The summed E-state index contributed by atoms with van der Waals surface area (Å²) >= 11 is 0. The van der Waals surface area contributed by atoms with E-state index in [4.69, 9.17) is 14.3 Å². The summed E-state index contributed by atoms with van der Waals surface area (Å²) in [5, 5.41) is 0. The lowest BCUT2D eigenvalue weighted by atomic mass is 10.1. The van der Waals surface area contributed by atoms with Crippen LogP contribution in [0.5, 0.6) is 11.5 Å². The maximum atomic E-state index is 5.58. The molecule has 1 aliphatic heterocycles. The van der Waals surface area contributed by atoms with Crippen LogP contribution in [0.1, 0.15) is 18.5 Å². The van der Waals surface area contributed by atoms with Gasteiger partial charge in [-0.05, 0) is 13.0 Å². The third-order valence-electron chi connectivity index (χ3n) is 2.34. The van der Waals surface area contributed by atoms with Crippen LogP contribution >= 0.6 is 0 Å². The van der Waals surface area contributed by atoms with Crippen molar-refractivity contribution in [1.29, 1.82) is 0 Å². The molecule has 0 fully saturated rings. The van der Waals surface area contributed by atoms with E-state index in [0.717, 1.165) is 17.1 Å². The number of ether oxygens (including phenoxy) is 2. The van der Waals surface area contributed by atoms with E-state index >= 15 is 0 Å². The van der Waals surface area contributed by atoms with Gasteiger partial charge in [0, 0.05) is 5.56 Å². The molecule has 0 amide bonds. The highest BCUT2D eigenvalue weighted by atomic mass is 16.6. The fourth-order valence-electron chi connectivity index (χ4n) is 1.73. The van der Waals surface area contributed by atoms with Gasteiger partial charge in [-0.15, -0.1) is 0 Å². The molecule has 0 spiro atoms. The molecule has 1 aliphatic rings. The maximum absolute atomic E-state index is 5.58. The quantitative estimate of drug-likeness (QED) is 0.766. The van der Waals surface area contributed by atoms with Crippen LogP contribution in [0.25, 0.3) is 0 Å². The highest BCUT2D eigenvalue weighted by molar-refractivity contribution is 5.50. The first-order valence-electron chi connectivity index (χ1n) is 5.03. The predicted octanol–water partition coefficient (Wildman–Crippen LogP) is 1.67. The van der Waals surface area contributed by atoms with Gasteiger partial charge in [-0.1, -0.05) is 12.1 Å². The molecule has 4 heteroatoms. The van der Waals surface area contributed by atoms with Crippen molar-refractivity contribution in [2.24, 2.45) is 0 Å². The van der Waals surface area contributed by atoms with Crippen LogP contribution < -0.4 is 15.0 Å². The average molecular weight is 209 g/mol. The van der Waals surface area contributed by atoms with E-state index in [1.807, 2.05) is 25.1 Å². The Bertz CT molecular complexity index is 341. The Labute approximate surface area is 89.1 Å². The Hall–Kier alpha value is -1.26. The summed E-state index contributed by atoms with van der Waals surface area (Å²) in [4.78, 5) is 4.91. The van der Waals surface area contributed by atoms with Crippen molar-refractivity contribution in [1.82, 2.24) is 5.48 Å². The summed E-state index contributed by atoms with van der Waals surface area (Å²) in [6.07, 6.45) is 0. The van der Waals surface area contributed by atoms with Gasteiger partial charge in [-0.25, -0.2) is 0 Å². The molecule has 1 aromatic carbocycles. The third kappa shape index (κ3) is 1.91. The van der Waals surface area contributed by atoms with Crippen LogP contribution in [0.15, 0.2) is 18.2 Å². The molecule has 4 nitrogen and oxygen atoms in total. The summed E-state index contributed by atoms with van der Waals surface area (Å²) in [7, 11) is 1.60. The minimum atomic E-state index is 0.0883. The summed E-state index contributed by atoms with van der Waals surface area (Å²) in [5.74, 6) is 1.63. The molecule has 0 aliphatic carbocycles. The van der Waals surface area contributed by atoms with Crippen molar-refractivity contribution >= 4 is 0 Å². The number of fused-ring (bicyclic) bond motifs is 1. The molecular formula is C11H15NO3. The van der Waals surface area contributed by atoms with Crippen LogP contribution in [0.3, 0.4) is 0 Å². The summed E-state index contributed by atoms with van der Waals surface area (Å²) < 4.78 is 11.1. The SMILES string of the molecule is CCOc1cccc2c1OCC2NOC. The Balaban J connectivity index is 2.26. The fraction of sp³-hybridized carbons (Fsp3) is 0.455. The number of hydroxylamine groups is 1. The zero-order valence-electron chi connectivity index (χ0n) is 8.95. The molecule has 0 aromatic heterocycles. The molecule has 82 valence electrons. The number of hydrogen-bond donors (Lipinski definition) is 1. The third-order valence-corrected chi connectivity index (χ3v) is 2.34. The molecule has 15 heavy (non-hydrogen) atoms. The molecule has 1 unspecified atom stereocenters. The number of rotatable bonds is 4. The van der Waals surface area contributed by atoms with Crippen molar-refractivity contribution in [2.45, 2.75) is 13.0 Å². The summed E-state index contributed by atoms with van der Waals surface area (Å²) in [5.41, 5.74) is 3.98. The molecule has 1 aromatic rings. The van der Waals surface area contributed by atoms with E-state index in [0.29, 0.717) is 13.2 Å². The first-order chi connectivity index (χ1) is 7.36. The number of benzene rings is 1. The van der Waals surface area contributed by atoms with Crippen molar-refractivity contribution in [3.05, 3.63) is 23.8 Å². The summed E-state index contributed by atoms with van der Waals surface area (Å²) in [6, 6.07) is 5.98. The van der Waals surface area contributed by atoms with Gasteiger partial charge in [0.15, 0.2) is 11.5 Å². The molecule has 0 saturated carbocycles. The van der Waals surface area contributed by atoms with E-state index < -0.39 is 0 Å². The Morgan fingerprint density at radius 2 is 2.40 bits per heavy atom. The lowest BCUT2D eigenvalue weighted by Crippen LogP contribution is -2.20. The van der Waals surface area contributed by atoms with Gasteiger partial charge >= 0.3 is 0 Å². The monoisotopic (exact) mass is 209 g/mol. The normalized spacial score (nSPS) is 18.4. The van der Waals surface area contributed by atoms with Crippen LogP contribution in [0, 0.1) is 0 Å². The minimum Gasteiger partial charge on any atom is -0.490 e. The molecular weight excluding hydrogens is 194 g/mol. The van der Waals surface area contributed by atoms with Gasteiger partial charge in [0.1, 0.15) is 6.61 Å². The second-order valence-electron chi connectivity index (χ2n) is 3.29. The van der Waals surface area contributed by atoms with Crippen molar-refractivity contribution in [3.8, 4) is 11.5 Å². The lowest BCUT2D eigenvalue weighted by Gasteiger charge is -2.09. The maximum Gasteiger partial charge on any atom is 0.166 e. The molecule has 2 rings (SSSR count). The molecule has 0 bridgehead atoms. The molecule has 1 N–H and O–H groups in total. The number of nitrogens with one attached hydrogen (secondary N) is 1. The summed E-state index contributed by atoms with van der Waals surface area (Å²) in [6.45, 7) is 3.18. The van der Waals surface area contributed by atoms with E-state index in [2.05, 4.69) is 5.48 Å². The predicted molar refractivity (Wildman–Crippen MR) is 56.0 cm³/mol. The van der Waals surface area contributed by atoms with Crippen LogP contribution in [0.2, 0.25) is 0 Å². The molecule has 1 atom stereocenters. The highest BCUT2D eigenvalue weighted by Crippen LogP contribution is 2.39. The van der Waals surface area contributed by atoms with Gasteiger partial charge in [-0.3, -0.25) is 0 Å². The average Bonchev–Trinajstić information content (AvgIpc) is 2.64. The second-order valence-corrected chi connectivity index (χ2v) is 3.29. The molecule has 0 radical (unpaired) electrons. The zero-order chi connectivity index (χ0) is 10.7. The van der Waals surface area contributed by atoms with E-state index in [-0.39, 0.29) is 6.04 Å². The Morgan fingerprint density at radius 3 is 3.13 bits per heavy atom. The Kier molecular flexibility index (Phi) is 3.08. The molecule has 1 heterocycles. The van der Waals surface area contributed by atoms with Crippen molar-refractivity contribution < 1.29 is 14.3 Å². The van der Waals surface area contributed by atoms with Crippen molar-refractivity contribution in [3.63, 3.8) is 0 Å². The van der Waals surface area contributed by atoms with Crippen LogP contribution in [0.4, 0.5) is 0 Å². The van der Waals surface area contributed by atoms with E-state index in [1.165, 1.54) is 0 Å². The van der Waals surface area contributed by atoms with E-state index in [1.54, 1.807) is 7.11 Å². The number of para-hydroxylation sites is 1. The van der Waals surface area contributed by atoms with Crippen molar-refractivity contribution in [2.75, 3.05) is 20.3 Å². The number of hydrogen-bond acceptors (Lipinski definition) is 4. The van der Waals surface area contributed by atoms with Gasteiger partial charge in [0.25, 0.3) is 0 Å².